The molecule has 3 aromatic rings. The molecular weight excluding hydrogens is 344 g/mol. The highest BCUT2D eigenvalue weighted by Crippen LogP contribution is 2.27. The summed E-state index contributed by atoms with van der Waals surface area (Å²) in [4.78, 5) is 15.7. The number of aromatic nitrogens is 1. The number of rotatable bonds is 5. The van der Waals surface area contributed by atoms with Crippen molar-refractivity contribution in [3.8, 4) is 5.19 Å². The van der Waals surface area contributed by atoms with Gasteiger partial charge in [-0.3, -0.25) is 0 Å². The number of ether oxygens (including phenoxy) is 1. The minimum Gasteiger partial charge on any atom is -0.479 e. The molecule has 2 N–H and O–H groups in total. The van der Waals surface area contributed by atoms with Crippen molar-refractivity contribution in [3.63, 3.8) is 0 Å². The number of hydrogen-bond acceptors (Lipinski definition) is 6. The highest BCUT2D eigenvalue weighted by Gasteiger charge is 2.05. The Morgan fingerprint density at radius 2 is 1.96 bits per heavy atom. The third-order valence-corrected chi connectivity index (χ3v) is 4.66. The van der Waals surface area contributed by atoms with Gasteiger partial charge >= 0.3 is 5.97 Å². The summed E-state index contributed by atoms with van der Waals surface area (Å²) in [6, 6.07) is 15.9. The molecule has 1 aromatic heterocycles. The molecule has 0 bridgehead atoms. The Hall–Kier alpha value is -2.25. The second kappa shape index (κ2) is 9.14. The number of carboxylic acids is 1. The molecular formula is C17H18N2O3S2. The van der Waals surface area contributed by atoms with Crippen LogP contribution in [0.5, 0.6) is 5.19 Å². The number of carbonyl (C=O) groups is 1. The topological polar surface area (TPSA) is 71.5 Å². The van der Waals surface area contributed by atoms with E-state index in [2.05, 4.69) is 40.8 Å². The average Bonchev–Trinajstić information content (AvgIpc) is 3.03. The number of nitrogens with one attached hydrogen (secondary N) is 1. The SMILES string of the molecule is CNc1ccc(SC)cc1.O=C(O)COc1nc2ccccc2s1. The van der Waals surface area contributed by atoms with Gasteiger partial charge < -0.3 is 15.2 Å². The fourth-order valence-electron chi connectivity index (χ4n) is 1.79. The van der Waals surface area contributed by atoms with Gasteiger partial charge in [0.2, 0.25) is 0 Å². The summed E-state index contributed by atoms with van der Waals surface area (Å²) in [7, 11) is 1.92. The Labute approximate surface area is 148 Å². The first-order valence-electron chi connectivity index (χ1n) is 7.14. The van der Waals surface area contributed by atoms with Crippen LogP contribution >= 0.6 is 23.1 Å². The highest BCUT2D eigenvalue weighted by molar-refractivity contribution is 7.98. The van der Waals surface area contributed by atoms with E-state index in [0.29, 0.717) is 5.19 Å². The zero-order valence-electron chi connectivity index (χ0n) is 13.4. The van der Waals surface area contributed by atoms with Gasteiger partial charge in [0.05, 0.1) is 10.2 Å². The molecule has 0 aliphatic rings. The lowest BCUT2D eigenvalue weighted by molar-refractivity contribution is -0.139. The van der Waals surface area contributed by atoms with Crippen LogP contribution in [0.4, 0.5) is 5.69 Å². The summed E-state index contributed by atoms with van der Waals surface area (Å²) < 4.78 is 5.95. The predicted octanol–water partition coefficient (Wildman–Crippen LogP) is 4.21. The number of anilines is 1. The van der Waals surface area contributed by atoms with Crippen LogP contribution in [0, 0.1) is 0 Å². The Morgan fingerprint density at radius 3 is 2.54 bits per heavy atom. The fourth-order valence-corrected chi connectivity index (χ4v) is 3.02. The van der Waals surface area contributed by atoms with Crippen molar-refractivity contribution in [1.82, 2.24) is 4.98 Å². The van der Waals surface area contributed by atoms with Crippen molar-refractivity contribution >= 4 is 45.0 Å². The van der Waals surface area contributed by atoms with Crippen molar-refractivity contribution in [2.45, 2.75) is 4.90 Å². The second-order valence-electron chi connectivity index (χ2n) is 4.61. The van der Waals surface area contributed by atoms with E-state index in [9.17, 15) is 4.79 Å². The molecule has 0 unspecified atom stereocenters. The third kappa shape index (κ3) is 5.43. The van der Waals surface area contributed by atoms with Crippen LogP contribution in [-0.2, 0) is 4.79 Å². The van der Waals surface area contributed by atoms with Gasteiger partial charge in [-0.2, -0.15) is 0 Å². The largest absolute Gasteiger partial charge is 0.479 e. The Bertz CT molecular complexity index is 732. The summed E-state index contributed by atoms with van der Waals surface area (Å²) in [5, 5.41) is 11.9. The third-order valence-electron chi connectivity index (χ3n) is 2.97. The number of thioether (sulfide) groups is 1. The molecule has 0 atom stereocenters. The first-order valence-corrected chi connectivity index (χ1v) is 9.18. The smallest absolute Gasteiger partial charge is 0.341 e. The van der Waals surface area contributed by atoms with Crippen LogP contribution in [0.2, 0.25) is 0 Å². The molecule has 126 valence electrons. The molecule has 5 nitrogen and oxygen atoms in total. The summed E-state index contributed by atoms with van der Waals surface area (Å²) in [6.45, 7) is -0.347. The molecule has 7 heteroatoms. The van der Waals surface area contributed by atoms with Crippen molar-refractivity contribution in [2.75, 3.05) is 25.2 Å². The Kier molecular flexibility index (Phi) is 6.89. The van der Waals surface area contributed by atoms with Crippen LogP contribution in [0.1, 0.15) is 0 Å². The number of carboxylic acid groups (broad SMARTS) is 1. The van der Waals surface area contributed by atoms with Gasteiger partial charge in [-0.15, -0.1) is 11.8 Å². The number of nitrogens with zero attached hydrogens (tertiary/aromatic N) is 1. The van der Waals surface area contributed by atoms with E-state index in [4.69, 9.17) is 9.84 Å². The predicted molar refractivity (Wildman–Crippen MR) is 101 cm³/mol. The molecule has 0 amide bonds. The average molecular weight is 362 g/mol. The maximum atomic E-state index is 10.2. The van der Waals surface area contributed by atoms with Crippen LogP contribution in [0.25, 0.3) is 10.2 Å². The standard InChI is InChI=1S/C9H7NO3S.C8H11NS/c11-8(12)5-13-9-10-6-3-1-2-4-7(6)14-9;1-9-7-3-5-8(10-2)6-4-7/h1-4H,5H2,(H,11,12);3-6,9H,1-2H3. The van der Waals surface area contributed by atoms with Gasteiger partial charge in [0.1, 0.15) is 0 Å². The molecule has 0 radical (unpaired) electrons. The Balaban J connectivity index is 0.000000185. The summed E-state index contributed by atoms with van der Waals surface area (Å²) in [5.74, 6) is -0.996. The number of thiazole rings is 1. The number of benzene rings is 2. The van der Waals surface area contributed by atoms with Crippen LogP contribution in [0.15, 0.2) is 53.4 Å². The zero-order valence-corrected chi connectivity index (χ0v) is 15.0. The molecule has 0 saturated heterocycles. The summed E-state index contributed by atoms with van der Waals surface area (Å²) in [6.07, 6.45) is 2.08. The minimum absolute atomic E-state index is 0.347. The lowest BCUT2D eigenvalue weighted by Crippen LogP contribution is -2.08. The van der Waals surface area contributed by atoms with Crippen molar-refractivity contribution < 1.29 is 14.6 Å². The molecule has 0 fully saturated rings. The molecule has 0 aliphatic carbocycles. The van der Waals surface area contributed by atoms with E-state index < -0.39 is 5.97 Å². The molecule has 0 spiro atoms. The molecule has 1 heterocycles. The second-order valence-corrected chi connectivity index (χ2v) is 6.48. The fraction of sp³-hybridized carbons (Fsp3) is 0.176. The molecule has 0 saturated carbocycles. The first kappa shape index (κ1) is 18.1. The number of fused-ring (bicyclic) bond motifs is 1. The summed E-state index contributed by atoms with van der Waals surface area (Å²) >= 11 is 3.10. The van der Waals surface area contributed by atoms with Gasteiger partial charge in [-0.05, 0) is 42.7 Å². The van der Waals surface area contributed by atoms with Crippen molar-refractivity contribution in [3.05, 3.63) is 48.5 Å². The van der Waals surface area contributed by atoms with E-state index >= 15 is 0 Å². The van der Waals surface area contributed by atoms with E-state index in [1.54, 1.807) is 11.8 Å². The normalized spacial score (nSPS) is 9.92. The maximum Gasteiger partial charge on any atom is 0.341 e. The van der Waals surface area contributed by atoms with Gasteiger partial charge in [0.15, 0.2) is 6.61 Å². The lowest BCUT2D eigenvalue weighted by atomic mass is 10.3. The summed E-state index contributed by atoms with van der Waals surface area (Å²) in [5.41, 5.74) is 2.00. The van der Waals surface area contributed by atoms with Gasteiger partial charge in [-0.1, -0.05) is 23.5 Å². The monoisotopic (exact) mass is 362 g/mol. The quantitative estimate of drug-likeness (QED) is 0.663. The maximum absolute atomic E-state index is 10.2. The number of aliphatic carboxylic acids is 1. The van der Waals surface area contributed by atoms with E-state index in [1.165, 1.54) is 16.2 Å². The zero-order chi connectivity index (χ0) is 17.4. The van der Waals surface area contributed by atoms with Gasteiger partial charge in [0.25, 0.3) is 5.19 Å². The Morgan fingerprint density at radius 1 is 1.25 bits per heavy atom. The van der Waals surface area contributed by atoms with Crippen molar-refractivity contribution in [1.29, 1.82) is 0 Å². The van der Waals surface area contributed by atoms with E-state index in [-0.39, 0.29) is 6.61 Å². The van der Waals surface area contributed by atoms with Crippen LogP contribution in [0.3, 0.4) is 0 Å². The van der Waals surface area contributed by atoms with Crippen LogP contribution in [-0.4, -0.2) is 36.0 Å². The minimum atomic E-state index is -0.996. The lowest BCUT2D eigenvalue weighted by Gasteiger charge is -1.99. The molecule has 2 aromatic carbocycles. The van der Waals surface area contributed by atoms with E-state index in [0.717, 1.165) is 15.9 Å². The van der Waals surface area contributed by atoms with Gasteiger partial charge in [-0.25, -0.2) is 9.78 Å². The highest BCUT2D eigenvalue weighted by atomic mass is 32.2. The number of hydrogen-bond donors (Lipinski definition) is 2. The molecule has 24 heavy (non-hydrogen) atoms. The first-order chi connectivity index (χ1) is 11.6. The van der Waals surface area contributed by atoms with E-state index in [1.807, 2.05) is 31.3 Å². The van der Waals surface area contributed by atoms with Gasteiger partial charge in [0, 0.05) is 17.6 Å². The van der Waals surface area contributed by atoms with Crippen LogP contribution < -0.4 is 10.1 Å². The molecule has 3 rings (SSSR count). The molecule has 0 aliphatic heterocycles. The van der Waals surface area contributed by atoms with Crippen molar-refractivity contribution in [2.24, 2.45) is 0 Å². The number of para-hydroxylation sites is 1.